The fourth-order valence-corrected chi connectivity index (χ4v) is 3.74. The minimum Gasteiger partial charge on any atom is -0.364 e. The first-order chi connectivity index (χ1) is 11.5. The van der Waals surface area contributed by atoms with Gasteiger partial charge >= 0.3 is 0 Å². The predicted octanol–water partition coefficient (Wildman–Crippen LogP) is 2.63. The number of hydrogen-bond acceptors (Lipinski definition) is 5. The van der Waals surface area contributed by atoms with Crippen LogP contribution in [-0.2, 0) is 16.0 Å². The molecule has 1 aliphatic heterocycles. The van der Waals surface area contributed by atoms with E-state index in [0.717, 1.165) is 22.6 Å². The van der Waals surface area contributed by atoms with Crippen LogP contribution >= 0.6 is 11.3 Å². The summed E-state index contributed by atoms with van der Waals surface area (Å²) in [7, 11) is 0. The number of nitrogens with zero attached hydrogens (tertiary/aromatic N) is 1. The molecule has 5 nitrogen and oxygen atoms in total. The van der Waals surface area contributed by atoms with Gasteiger partial charge in [0.2, 0.25) is 0 Å². The maximum atomic E-state index is 13.3. The van der Waals surface area contributed by atoms with Crippen LogP contribution in [0.4, 0.5) is 9.52 Å². The lowest BCUT2D eigenvalue weighted by atomic mass is 10.1. The van der Waals surface area contributed by atoms with Gasteiger partial charge in [-0.15, -0.1) is 11.3 Å². The molecule has 0 aliphatic carbocycles. The number of benzene rings is 1. The van der Waals surface area contributed by atoms with E-state index in [-0.39, 0.29) is 17.8 Å². The van der Waals surface area contributed by atoms with Crippen LogP contribution in [0.15, 0.2) is 24.3 Å². The molecule has 0 radical (unpaired) electrons. The van der Waals surface area contributed by atoms with Crippen molar-refractivity contribution >= 4 is 22.4 Å². The van der Waals surface area contributed by atoms with E-state index in [9.17, 15) is 9.18 Å². The summed E-state index contributed by atoms with van der Waals surface area (Å²) in [5, 5.41) is 3.36. The quantitative estimate of drug-likeness (QED) is 0.870. The van der Waals surface area contributed by atoms with Crippen LogP contribution < -0.4 is 11.1 Å². The molecule has 0 unspecified atom stereocenters. The molecule has 1 saturated heterocycles. The zero-order valence-electron chi connectivity index (χ0n) is 13.4. The van der Waals surface area contributed by atoms with E-state index in [1.807, 2.05) is 13.0 Å². The van der Waals surface area contributed by atoms with Gasteiger partial charge < -0.3 is 10.5 Å². The Morgan fingerprint density at radius 2 is 2.33 bits per heavy atom. The lowest BCUT2D eigenvalue weighted by Crippen LogP contribution is -2.29. The van der Waals surface area contributed by atoms with Crippen LogP contribution in [-0.4, -0.2) is 29.6 Å². The molecule has 1 amide bonds. The van der Waals surface area contributed by atoms with Gasteiger partial charge in [-0.1, -0.05) is 12.1 Å². The number of carbonyl (C=O) groups excluding carboxylic acids is 1. The highest BCUT2D eigenvalue weighted by molar-refractivity contribution is 7.15. The zero-order valence-corrected chi connectivity index (χ0v) is 14.2. The van der Waals surface area contributed by atoms with Gasteiger partial charge in [0.15, 0.2) is 5.13 Å². The van der Waals surface area contributed by atoms with E-state index in [1.54, 1.807) is 6.07 Å². The molecule has 2 atom stereocenters. The van der Waals surface area contributed by atoms with Crippen molar-refractivity contribution in [2.75, 3.05) is 11.9 Å². The van der Waals surface area contributed by atoms with Gasteiger partial charge in [-0.05, 0) is 37.5 Å². The summed E-state index contributed by atoms with van der Waals surface area (Å²) in [5.74, 6) is -0.437. The summed E-state index contributed by atoms with van der Waals surface area (Å²) in [6.07, 6.45) is 1.56. The van der Waals surface area contributed by atoms with Gasteiger partial charge in [0, 0.05) is 17.8 Å². The Hall–Kier alpha value is -1.83. The van der Waals surface area contributed by atoms with Crippen molar-refractivity contribution in [3.8, 4) is 0 Å². The summed E-state index contributed by atoms with van der Waals surface area (Å²) in [4.78, 5) is 17.6. The van der Waals surface area contributed by atoms with Crippen LogP contribution in [0.25, 0.3) is 0 Å². The highest BCUT2D eigenvalue weighted by Crippen LogP contribution is 2.27. The Morgan fingerprint density at radius 1 is 1.50 bits per heavy atom. The number of carbonyl (C=O) groups is 1. The molecule has 128 valence electrons. The monoisotopic (exact) mass is 349 g/mol. The second-order valence-corrected chi connectivity index (χ2v) is 6.97. The smallest absolute Gasteiger partial charge is 0.255 e. The maximum Gasteiger partial charge on any atom is 0.255 e. The average molecular weight is 349 g/mol. The number of nitrogens with one attached hydrogen (secondary N) is 1. The van der Waals surface area contributed by atoms with Crippen molar-refractivity contribution in [2.45, 2.75) is 38.4 Å². The zero-order chi connectivity index (χ0) is 17.1. The second-order valence-electron chi connectivity index (χ2n) is 5.88. The minimum absolute atomic E-state index is 0.0395. The number of aryl methyl sites for hydroxylation is 1. The molecule has 1 aliphatic rings. The summed E-state index contributed by atoms with van der Waals surface area (Å²) >= 11 is 1.41. The third-order valence-electron chi connectivity index (χ3n) is 4.04. The summed E-state index contributed by atoms with van der Waals surface area (Å²) in [5.41, 5.74) is 7.28. The lowest BCUT2D eigenvalue weighted by molar-refractivity contribution is -0.126. The number of thiazole rings is 1. The van der Waals surface area contributed by atoms with Gasteiger partial charge in [-0.3, -0.25) is 10.1 Å². The van der Waals surface area contributed by atoms with Crippen molar-refractivity contribution < 1.29 is 13.9 Å². The minimum atomic E-state index is -0.463. The highest BCUT2D eigenvalue weighted by Gasteiger charge is 2.30. The number of halogens is 1. The van der Waals surface area contributed by atoms with E-state index >= 15 is 0 Å². The molecule has 24 heavy (non-hydrogen) atoms. The Balaban J connectivity index is 1.64. The number of hydrogen-bond donors (Lipinski definition) is 2. The molecule has 2 aromatic rings. The Morgan fingerprint density at radius 3 is 3.04 bits per heavy atom. The molecular weight excluding hydrogens is 329 g/mol. The number of rotatable bonds is 5. The molecule has 0 spiro atoms. The third kappa shape index (κ3) is 3.98. The van der Waals surface area contributed by atoms with Crippen molar-refractivity contribution in [3.05, 3.63) is 46.2 Å². The van der Waals surface area contributed by atoms with E-state index in [0.29, 0.717) is 24.5 Å². The van der Waals surface area contributed by atoms with Gasteiger partial charge in [-0.2, -0.15) is 0 Å². The summed E-state index contributed by atoms with van der Waals surface area (Å²) < 4.78 is 18.9. The van der Waals surface area contributed by atoms with Gasteiger partial charge in [0.1, 0.15) is 11.9 Å². The third-order valence-corrected chi connectivity index (χ3v) is 5.11. The summed E-state index contributed by atoms with van der Waals surface area (Å²) in [6.45, 7) is 2.31. The molecule has 7 heteroatoms. The van der Waals surface area contributed by atoms with Crippen molar-refractivity contribution in [1.29, 1.82) is 0 Å². The first kappa shape index (κ1) is 17.0. The van der Waals surface area contributed by atoms with Crippen LogP contribution in [0, 0.1) is 12.7 Å². The predicted molar refractivity (Wildman–Crippen MR) is 91.6 cm³/mol. The molecule has 2 heterocycles. The van der Waals surface area contributed by atoms with Crippen molar-refractivity contribution in [1.82, 2.24) is 4.98 Å². The van der Waals surface area contributed by atoms with Gasteiger partial charge in [0.25, 0.3) is 5.91 Å². The molecule has 3 N–H and O–H groups in total. The lowest BCUT2D eigenvalue weighted by Gasteiger charge is -2.11. The average Bonchev–Trinajstić information content (AvgIpc) is 3.15. The maximum absolute atomic E-state index is 13.3. The molecule has 1 aromatic heterocycles. The van der Waals surface area contributed by atoms with E-state index in [2.05, 4.69) is 10.3 Å². The second kappa shape index (κ2) is 7.38. The summed E-state index contributed by atoms with van der Waals surface area (Å²) in [6, 6.07) is 6.50. The number of amides is 1. The van der Waals surface area contributed by atoms with Crippen LogP contribution in [0.3, 0.4) is 0 Å². The van der Waals surface area contributed by atoms with Crippen molar-refractivity contribution in [2.24, 2.45) is 5.73 Å². The Labute approximate surface area is 144 Å². The van der Waals surface area contributed by atoms with E-state index < -0.39 is 6.10 Å². The number of aromatic nitrogens is 1. The van der Waals surface area contributed by atoms with Gasteiger partial charge in [-0.25, -0.2) is 9.37 Å². The molecule has 1 fully saturated rings. The fraction of sp³-hybridized carbons (Fsp3) is 0.412. The molecule has 0 bridgehead atoms. The molecular formula is C17H20FN3O2S. The van der Waals surface area contributed by atoms with E-state index in [1.165, 1.54) is 23.5 Å². The van der Waals surface area contributed by atoms with Crippen LogP contribution in [0.5, 0.6) is 0 Å². The molecule has 0 saturated carbocycles. The first-order valence-electron chi connectivity index (χ1n) is 7.92. The number of ether oxygens (including phenoxy) is 1. The van der Waals surface area contributed by atoms with Gasteiger partial charge in [0.05, 0.1) is 11.8 Å². The standard InChI is InChI=1S/C17H20FN3O2S/c1-10-15(8-11-3-2-4-12(18)7-11)24-17(20-10)21-16(22)14-6-5-13(9-19)23-14/h2-4,7,13-14H,5-6,8-9,19H2,1H3,(H,20,21,22)/t13-,14+/m1/s1. The van der Waals surface area contributed by atoms with Crippen molar-refractivity contribution in [3.63, 3.8) is 0 Å². The van der Waals surface area contributed by atoms with E-state index in [4.69, 9.17) is 10.5 Å². The topological polar surface area (TPSA) is 77.2 Å². The number of nitrogens with two attached hydrogens (primary N) is 1. The molecule has 1 aromatic carbocycles. The van der Waals surface area contributed by atoms with Crippen LogP contribution in [0.1, 0.15) is 29.0 Å². The largest absolute Gasteiger partial charge is 0.364 e. The Bertz CT molecular complexity index is 734. The van der Waals surface area contributed by atoms with Crippen LogP contribution in [0.2, 0.25) is 0 Å². The first-order valence-corrected chi connectivity index (χ1v) is 8.74. The SMILES string of the molecule is Cc1nc(NC(=O)[C@@H]2CC[C@H](CN)O2)sc1Cc1cccc(F)c1. The normalized spacial score (nSPS) is 20.3. The Kier molecular flexibility index (Phi) is 5.23. The fourth-order valence-electron chi connectivity index (χ4n) is 2.74. The highest BCUT2D eigenvalue weighted by atomic mass is 32.1. The molecule has 3 rings (SSSR count). The number of anilines is 1.